The molecule has 0 heterocycles. The van der Waals surface area contributed by atoms with E-state index < -0.39 is 0 Å². The average Bonchev–Trinajstić information content (AvgIpc) is 1.87. The number of rotatable bonds is 4. The van der Waals surface area contributed by atoms with Crippen molar-refractivity contribution in [3.63, 3.8) is 0 Å². The molecule has 0 aliphatic rings. The Morgan fingerprint density at radius 2 is 2.20 bits per heavy atom. The van der Waals surface area contributed by atoms with Crippen molar-refractivity contribution in [2.45, 2.75) is 33.6 Å². The molecule has 0 aliphatic carbocycles. The van der Waals surface area contributed by atoms with Gasteiger partial charge in [-0.25, -0.2) is 0 Å². The first kappa shape index (κ1) is 10.4. The van der Waals surface area contributed by atoms with Crippen molar-refractivity contribution in [1.29, 1.82) is 0 Å². The second kappa shape index (κ2) is 6.17. The smallest absolute Gasteiger partial charge is 0.0447 e. The van der Waals surface area contributed by atoms with E-state index in [1.807, 2.05) is 6.92 Å². The van der Waals surface area contributed by atoms with Crippen LogP contribution in [0.2, 0.25) is 0 Å². The summed E-state index contributed by atoms with van der Waals surface area (Å²) in [6, 6.07) is 0. The van der Waals surface area contributed by atoms with Crippen LogP contribution in [0.1, 0.15) is 33.6 Å². The number of thioether (sulfide) groups is 1. The lowest BCUT2D eigenvalue weighted by Gasteiger charge is -2.05. The van der Waals surface area contributed by atoms with E-state index in [4.69, 9.17) is 12.2 Å². The van der Waals surface area contributed by atoms with Crippen molar-refractivity contribution in [1.82, 2.24) is 0 Å². The maximum absolute atomic E-state index is 4.95. The SMILES string of the molecule is CCC(C)CCSC(C)=S. The number of hydrogen-bond acceptors (Lipinski definition) is 2. The van der Waals surface area contributed by atoms with Crippen molar-refractivity contribution in [2.75, 3.05) is 5.75 Å². The first-order chi connectivity index (χ1) is 4.66. The Hall–Kier alpha value is 0.440. The van der Waals surface area contributed by atoms with Gasteiger partial charge < -0.3 is 0 Å². The quantitative estimate of drug-likeness (QED) is 0.601. The highest BCUT2D eigenvalue weighted by molar-refractivity contribution is 8.23. The average molecular weight is 176 g/mol. The van der Waals surface area contributed by atoms with Gasteiger partial charge in [0.15, 0.2) is 0 Å². The summed E-state index contributed by atoms with van der Waals surface area (Å²) in [6.45, 7) is 6.52. The molecule has 0 saturated carbocycles. The van der Waals surface area contributed by atoms with Gasteiger partial charge in [-0.05, 0) is 25.0 Å². The molecule has 0 rings (SSSR count). The van der Waals surface area contributed by atoms with E-state index in [2.05, 4.69) is 13.8 Å². The molecule has 0 nitrogen and oxygen atoms in total. The molecule has 60 valence electrons. The third-order valence-corrected chi connectivity index (χ3v) is 2.81. The van der Waals surface area contributed by atoms with Crippen LogP contribution in [0, 0.1) is 5.92 Å². The van der Waals surface area contributed by atoms with Gasteiger partial charge in [0.25, 0.3) is 0 Å². The van der Waals surface area contributed by atoms with E-state index in [1.54, 1.807) is 11.8 Å². The fourth-order valence-corrected chi connectivity index (χ4v) is 1.67. The second-order valence-electron chi connectivity index (χ2n) is 2.64. The molecule has 0 aromatic rings. The van der Waals surface area contributed by atoms with Crippen LogP contribution >= 0.6 is 24.0 Å². The van der Waals surface area contributed by atoms with E-state index in [0.717, 1.165) is 10.1 Å². The zero-order chi connectivity index (χ0) is 7.98. The minimum absolute atomic E-state index is 0.863. The molecule has 0 N–H and O–H groups in total. The summed E-state index contributed by atoms with van der Waals surface area (Å²) in [6.07, 6.45) is 2.59. The largest absolute Gasteiger partial charge is 0.119 e. The Labute approximate surface area is 73.8 Å². The Morgan fingerprint density at radius 3 is 2.60 bits per heavy atom. The van der Waals surface area contributed by atoms with Gasteiger partial charge >= 0.3 is 0 Å². The van der Waals surface area contributed by atoms with Crippen molar-refractivity contribution in [3.05, 3.63) is 0 Å². The Bertz CT molecular complexity index is 99.4. The summed E-state index contributed by atoms with van der Waals surface area (Å²) in [5, 5.41) is 0. The molecule has 0 fully saturated rings. The summed E-state index contributed by atoms with van der Waals surface area (Å²) < 4.78 is 1.07. The third kappa shape index (κ3) is 6.56. The van der Waals surface area contributed by atoms with Gasteiger partial charge in [0.1, 0.15) is 0 Å². The van der Waals surface area contributed by atoms with Gasteiger partial charge in [-0.2, -0.15) is 0 Å². The van der Waals surface area contributed by atoms with Gasteiger partial charge in [-0.15, -0.1) is 11.8 Å². The molecule has 0 bridgehead atoms. The zero-order valence-electron chi connectivity index (χ0n) is 7.02. The molecule has 0 aromatic carbocycles. The summed E-state index contributed by atoms with van der Waals surface area (Å²) >= 11 is 6.75. The monoisotopic (exact) mass is 176 g/mol. The normalized spacial score (nSPS) is 13.1. The molecule has 0 aromatic heterocycles. The lowest BCUT2D eigenvalue weighted by atomic mass is 10.1. The van der Waals surface area contributed by atoms with Gasteiger partial charge in [0, 0.05) is 4.20 Å². The maximum atomic E-state index is 4.95. The van der Waals surface area contributed by atoms with Gasteiger partial charge in [-0.1, -0.05) is 32.5 Å². The highest BCUT2D eigenvalue weighted by Crippen LogP contribution is 2.12. The van der Waals surface area contributed by atoms with E-state index in [1.165, 1.54) is 18.6 Å². The number of hydrogen-bond donors (Lipinski definition) is 0. The Kier molecular flexibility index (Phi) is 6.44. The summed E-state index contributed by atoms with van der Waals surface area (Å²) in [4.78, 5) is 0. The van der Waals surface area contributed by atoms with Gasteiger partial charge in [0.2, 0.25) is 0 Å². The minimum atomic E-state index is 0.863. The van der Waals surface area contributed by atoms with Crippen LogP contribution in [0.15, 0.2) is 0 Å². The third-order valence-electron chi connectivity index (χ3n) is 1.61. The van der Waals surface area contributed by atoms with Gasteiger partial charge in [0.05, 0.1) is 0 Å². The predicted molar refractivity (Wildman–Crippen MR) is 54.8 cm³/mol. The van der Waals surface area contributed by atoms with Crippen LogP contribution < -0.4 is 0 Å². The highest BCUT2D eigenvalue weighted by Gasteiger charge is 1.97. The zero-order valence-corrected chi connectivity index (χ0v) is 8.65. The van der Waals surface area contributed by atoms with Crippen LogP contribution in [0.4, 0.5) is 0 Å². The molecular weight excluding hydrogens is 160 g/mol. The van der Waals surface area contributed by atoms with Crippen LogP contribution in [-0.4, -0.2) is 9.95 Å². The fourth-order valence-electron chi connectivity index (χ4n) is 0.608. The summed E-state index contributed by atoms with van der Waals surface area (Å²) in [7, 11) is 0. The Balaban J connectivity index is 3.11. The molecule has 10 heavy (non-hydrogen) atoms. The van der Waals surface area contributed by atoms with Crippen LogP contribution in [0.5, 0.6) is 0 Å². The van der Waals surface area contributed by atoms with E-state index in [0.29, 0.717) is 0 Å². The molecule has 0 spiro atoms. The van der Waals surface area contributed by atoms with E-state index >= 15 is 0 Å². The predicted octanol–water partition coefficient (Wildman–Crippen LogP) is 3.50. The summed E-state index contributed by atoms with van der Waals surface area (Å²) in [5.74, 6) is 2.06. The van der Waals surface area contributed by atoms with Crippen molar-refractivity contribution >= 4 is 28.2 Å². The first-order valence-corrected chi connectivity index (χ1v) is 5.19. The van der Waals surface area contributed by atoms with Crippen molar-refractivity contribution in [2.24, 2.45) is 5.92 Å². The van der Waals surface area contributed by atoms with Crippen LogP contribution in [-0.2, 0) is 0 Å². The topological polar surface area (TPSA) is 0 Å². The van der Waals surface area contributed by atoms with E-state index in [9.17, 15) is 0 Å². The molecule has 0 amide bonds. The molecule has 2 heteroatoms. The molecule has 0 aliphatic heterocycles. The van der Waals surface area contributed by atoms with Gasteiger partial charge in [-0.3, -0.25) is 0 Å². The van der Waals surface area contributed by atoms with Crippen LogP contribution in [0.3, 0.4) is 0 Å². The lowest BCUT2D eigenvalue weighted by molar-refractivity contribution is 0.549. The van der Waals surface area contributed by atoms with Crippen molar-refractivity contribution in [3.8, 4) is 0 Å². The van der Waals surface area contributed by atoms with Crippen molar-refractivity contribution < 1.29 is 0 Å². The first-order valence-electron chi connectivity index (χ1n) is 3.80. The minimum Gasteiger partial charge on any atom is -0.119 e. The molecule has 1 unspecified atom stereocenters. The van der Waals surface area contributed by atoms with Crippen LogP contribution in [0.25, 0.3) is 0 Å². The molecular formula is C8H16S2. The lowest BCUT2D eigenvalue weighted by Crippen LogP contribution is -1.94. The fraction of sp³-hybridized carbons (Fsp3) is 0.875. The molecule has 1 atom stereocenters. The highest BCUT2D eigenvalue weighted by atomic mass is 32.2. The Morgan fingerprint density at radius 1 is 1.60 bits per heavy atom. The number of thiocarbonyl (C=S) groups is 1. The van der Waals surface area contributed by atoms with E-state index in [-0.39, 0.29) is 0 Å². The molecule has 0 saturated heterocycles. The maximum Gasteiger partial charge on any atom is 0.0447 e. The second-order valence-corrected chi connectivity index (χ2v) is 4.82. The molecule has 0 radical (unpaired) electrons. The summed E-state index contributed by atoms with van der Waals surface area (Å²) in [5.41, 5.74) is 0. The standard InChI is InChI=1S/C8H16S2/c1-4-7(2)5-6-10-8(3)9/h7H,4-6H2,1-3H3.